The van der Waals surface area contributed by atoms with Gasteiger partial charge in [-0.05, 0) is 79.3 Å². The first-order valence-corrected chi connectivity index (χ1v) is 13.2. The summed E-state index contributed by atoms with van der Waals surface area (Å²) in [6, 6.07) is 16.8. The molecule has 5 rings (SSSR count). The highest BCUT2D eigenvalue weighted by Gasteiger charge is 2.40. The van der Waals surface area contributed by atoms with Crippen molar-refractivity contribution in [2.24, 2.45) is 5.92 Å². The van der Waals surface area contributed by atoms with Gasteiger partial charge < -0.3 is 14.8 Å². The lowest BCUT2D eigenvalue weighted by atomic mass is 9.77. The van der Waals surface area contributed by atoms with E-state index in [0.717, 1.165) is 40.1 Å². The zero-order valence-corrected chi connectivity index (χ0v) is 21.1. The zero-order chi connectivity index (χ0) is 24.7. The van der Waals surface area contributed by atoms with Gasteiger partial charge in [0.2, 0.25) is 0 Å². The monoisotopic (exact) mass is 490 g/mol. The molecule has 3 aromatic rings. The maximum atomic E-state index is 13.2. The number of rotatable bonds is 6. The van der Waals surface area contributed by atoms with E-state index in [9.17, 15) is 8.42 Å². The van der Waals surface area contributed by atoms with Crippen LogP contribution in [0.5, 0.6) is 11.5 Å². The zero-order valence-electron chi connectivity index (χ0n) is 20.3. The third-order valence-electron chi connectivity index (χ3n) is 7.17. The van der Waals surface area contributed by atoms with Gasteiger partial charge in [0, 0.05) is 22.9 Å². The minimum atomic E-state index is -3.73. The van der Waals surface area contributed by atoms with Crippen LogP contribution in [-0.4, -0.2) is 22.6 Å². The summed E-state index contributed by atoms with van der Waals surface area (Å²) < 4.78 is 40.4. The number of anilines is 2. The van der Waals surface area contributed by atoms with Gasteiger partial charge in [-0.2, -0.15) is 0 Å². The summed E-state index contributed by atoms with van der Waals surface area (Å²) in [4.78, 5) is 0.257. The van der Waals surface area contributed by atoms with Crippen molar-refractivity contribution >= 4 is 21.4 Å². The molecule has 2 aliphatic rings. The molecule has 0 aromatic heterocycles. The summed E-state index contributed by atoms with van der Waals surface area (Å²) in [5.41, 5.74) is 5.67. The molecule has 0 unspecified atom stereocenters. The van der Waals surface area contributed by atoms with E-state index in [1.807, 2.05) is 44.2 Å². The van der Waals surface area contributed by atoms with Gasteiger partial charge in [-0.15, -0.1) is 0 Å². The van der Waals surface area contributed by atoms with Crippen LogP contribution in [0.1, 0.15) is 40.6 Å². The maximum absolute atomic E-state index is 13.2. The van der Waals surface area contributed by atoms with Crippen LogP contribution in [0.2, 0.25) is 0 Å². The third kappa shape index (κ3) is 4.14. The number of hydrogen-bond donors (Lipinski definition) is 2. The summed E-state index contributed by atoms with van der Waals surface area (Å²) in [5, 5.41) is 3.66. The van der Waals surface area contributed by atoms with Gasteiger partial charge in [-0.25, -0.2) is 8.42 Å². The number of sulfonamides is 1. The molecule has 182 valence electrons. The van der Waals surface area contributed by atoms with Crippen LogP contribution in [0.4, 0.5) is 11.4 Å². The van der Waals surface area contributed by atoms with Gasteiger partial charge in [0.1, 0.15) is 0 Å². The summed E-state index contributed by atoms with van der Waals surface area (Å²) in [7, 11) is -0.436. The minimum Gasteiger partial charge on any atom is -0.493 e. The average Bonchev–Trinajstić information content (AvgIpc) is 3.35. The van der Waals surface area contributed by atoms with Gasteiger partial charge in [0.05, 0.1) is 25.2 Å². The SMILES string of the molecule is COc1cccc([C@@H]2Nc3ccc(S(=O)(=O)Nc4ccc(C)c(C)c4)cc3[C@@H]3C=CC[C@@H]32)c1OC. The van der Waals surface area contributed by atoms with Gasteiger partial charge in [-0.1, -0.05) is 30.4 Å². The van der Waals surface area contributed by atoms with E-state index in [2.05, 4.69) is 28.3 Å². The molecule has 0 saturated carbocycles. The highest BCUT2D eigenvalue weighted by atomic mass is 32.2. The first-order valence-electron chi connectivity index (χ1n) is 11.7. The summed E-state index contributed by atoms with van der Waals surface area (Å²) in [6.07, 6.45) is 5.26. The van der Waals surface area contributed by atoms with Crippen molar-refractivity contribution in [3.63, 3.8) is 0 Å². The molecule has 6 nitrogen and oxygen atoms in total. The molecular weight excluding hydrogens is 460 g/mol. The molecule has 3 aromatic carbocycles. The van der Waals surface area contributed by atoms with Crippen molar-refractivity contribution in [3.8, 4) is 11.5 Å². The number of methoxy groups -OCH3 is 2. The predicted molar refractivity (Wildman–Crippen MR) is 139 cm³/mol. The lowest BCUT2D eigenvalue weighted by Crippen LogP contribution is -2.29. The Balaban J connectivity index is 1.50. The van der Waals surface area contributed by atoms with Crippen molar-refractivity contribution in [2.75, 3.05) is 24.3 Å². The Labute approximate surface area is 207 Å². The van der Waals surface area contributed by atoms with Gasteiger partial charge in [-0.3, -0.25) is 4.72 Å². The fourth-order valence-corrected chi connectivity index (χ4v) is 6.31. The number of allylic oxidation sites excluding steroid dienone is 2. The standard InChI is InChI=1S/C28H30N2O4S/c1-17-11-12-19(15-18(17)2)30-35(31,32)20-13-14-25-24(16-20)21-7-5-8-22(21)27(29-25)23-9-6-10-26(33-3)28(23)34-4/h5-7,9-16,21-22,27,29-30H,8H2,1-4H3/t21-,22+,27-/m1/s1. The number of para-hydroxylation sites is 1. The molecule has 0 saturated heterocycles. The van der Waals surface area contributed by atoms with Gasteiger partial charge >= 0.3 is 0 Å². The average molecular weight is 491 g/mol. The van der Waals surface area contributed by atoms with Crippen LogP contribution in [0, 0.1) is 19.8 Å². The van der Waals surface area contributed by atoms with Crippen LogP contribution in [0.3, 0.4) is 0 Å². The molecule has 3 atom stereocenters. The maximum Gasteiger partial charge on any atom is 0.261 e. The molecule has 0 bridgehead atoms. The van der Waals surface area contributed by atoms with Crippen molar-refractivity contribution in [3.05, 3.63) is 89.0 Å². The van der Waals surface area contributed by atoms with Gasteiger partial charge in [0.25, 0.3) is 10.0 Å². The van der Waals surface area contributed by atoms with E-state index >= 15 is 0 Å². The Hall–Kier alpha value is -3.45. The molecule has 0 amide bonds. The molecule has 1 aliphatic heterocycles. The van der Waals surface area contributed by atoms with Crippen LogP contribution in [0.15, 0.2) is 71.6 Å². The van der Waals surface area contributed by atoms with Crippen LogP contribution < -0.4 is 19.5 Å². The highest BCUT2D eigenvalue weighted by Crippen LogP contribution is 2.52. The van der Waals surface area contributed by atoms with E-state index in [0.29, 0.717) is 11.4 Å². The van der Waals surface area contributed by atoms with Gasteiger partial charge in [0.15, 0.2) is 11.5 Å². The Morgan fingerprint density at radius 2 is 1.77 bits per heavy atom. The van der Waals surface area contributed by atoms with E-state index < -0.39 is 10.0 Å². The first-order chi connectivity index (χ1) is 16.8. The molecular formula is C28H30N2O4S. The van der Waals surface area contributed by atoms with E-state index in [1.54, 1.807) is 32.4 Å². The summed E-state index contributed by atoms with van der Waals surface area (Å²) >= 11 is 0. The third-order valence-corrected chi connectivity index (χ3v) is 8.55. The largest absolute Gasteiger partial charge is 0.493 e. The summed E-state index contributed by atoms with van der Waals surface area (Å²) in [5.74, 6) is 1.75. The summed E-state index contributed by atoms with van der Waals surface area (Å²) in [6.45, 7) is 3.97. The number of aryl methyl sites for hydroxylation is 2. The van der Waals surface area contributed by atoms with Crippen molar-refractivity contribution in [2.45, 2.75) is 37.1 Å². The van der Waals surface area contributed by atoms with Crippen molar-refractivity contribution < 1.29 is 17.9 Å². The second-order valence-electron chi connectivity index (χ2n) is 9.21. The Morgan fingerprint density at radius 1 is 0.943 bits per heavy atom. The predicted octanol–water partition coefficient (Wildman–Crippen LogP) is 5.95. The molecule has 1 heterocycles. The Bertz CT molecular complexity index is 1410. The van der Waals surface area contributed by atoms with E-state index in [4.69, 9.17) is 9.47 Å². The topological polar surface area (TPSA) is 76.7 Å². The number of benzene rings is 3. The number of fused-ring (bicyclic) bond motifs is 3. The van der Waals surface area contributed by atoms with Crippen LogP contribution in [-0.2, 0) is 10.0 Å². The number of nitrogens with one attached hydrogen (secondary N) is 2. The lowest BCUT2D eigenvalue weighted by molar-refractivity contribution is 0.341. The fraction of sp³-hybridized carbons (Fsp3) is 0.286. The molecule has 0 fully saturated rings. The second kappa shape index (κ2) is 8.96. The smallest absolute Gasteiger partial charge is 0.261 e. The molecule has 0 spiro atoms. The van der Waals surface area contributed by atoms with Crippen molar-refractivity contribution in [1.29, 1.82) is 0 Å². The highest BCUT2D eigenvalue weighted by molar-refractivity contribution is 7.92. The van der Waals surface area contributed by atoms with E-state index in [1.165, 1.54) is 0 Å². The number of hydrogen-bond acceptors (Lipinski definition) is 5. The Morgan fingerprint density at radius 3 is 2.51 bits per heavy atom. The first kappa shape index (κ1) is 23.3. The minimum absolute atomic E-state index is 0.00339. The molecule has 2 N–H and O–H groups in total. The number of ether oxygens (including phenoxy) is 2. The molecule has 7 heteroatoms. The Kier molecular flexibility index (Phi) is 5.97. The molecule has 0 radical (unpaired) electrons. The van der Waals surface area contributed by atoms with E-state index in [-0.39, 0.29) is 22.8 Å². The lowest BCUT2D eigenvalue weighted by Gasteiger charge is -2.38. The van der Waals surface area contributed by atoms with Crippen molar-refractivity contribution in [1.82, 2.24) is 0 Å². The van der Waals surface area contributed by atoms with Crippen LogP contribution >= 0.6 is 0 Å². The molecule has 1 aliphatic carbocycles. The second-order valence-corrected chi connectivity index (χ2v) is 10.9. The normalized spacial score (nSPS) is 20.5. The molecule has 35 heavy (non-hydrogen) atoms. The quantitative estimate of drug-likeness (QED) is 0.418. The fourth-order valence-electron chi connectivity index (χ4n) is 5.22. The van der Waals surface area contributed by atoms with Crippen LogP contribution in [0.25, 0.3) is 0 Å².